The SMILES string of the molecule is N.O=C(O)CCCCCCC(=O)OCCO. The van der Waals surface area contributed by atoms with Gasteiger partial charge in [0.15, 0.2) is 0 Å². The summed E-state index contributed by atoms with van der Waals surface area (Å²) in [6.45, 7) is -0.0950. The lowest BCUT2D eigenvalue weighted by Gasteiger charge is -2.02. The Kier molecular flexibility index (Phi) is 12.9. The molecule has 0 aliphatic rings. The van der Waals surface area contributed by atoms with Crippen LogP contribution >= 0.6 is 0 Å². The molecule has 0 bridgehead atoms. The van der Waals surface area contributed by atoms with Gasteiger partial charge in [-0.2, -0.15) is 0 Å². The summed E-state index contributed by atoms with van der Waals surface area (Å²) in [5.41, 5.74) is 0. The molecule has 0 aromatic heterocycles. The van der Waals surface area contributed by atoms with E-state index >= 15 is 0 Å². The standard InChI is InChI=1S/C10H18O5.H3N/c11-7-8-15-10(14)6-4-2-1-3-5-9(12)13;/h11H,1-8H2,(H,12,13);1H3. The van der Waals surface area contributed by atoms with Crippen molar-refractivity contribution in [3.63, 3.8) is 0 Å². The first kappa shape index (κ1) is 17.3. The van der Waals surface area contributed by atoms with Crippen molar-refractivity contribution in [1.82, 2.24) is 6.15 Å². The molecular formula is C10H21NO5. The van der Waals surface area contributed by atoms with Crippen molar-refractivity contribution in [2.45, 2.75) is 38.5 Å². The minimum absolute atomic E-state index is 0. The van der Waals surface area contributed by atoms with E-state index in [1.54, 1.807) is 0 Å². The number of esters is 1. The van der Waals surface area contributed by atoms with Gasteiger partial charge in [-0.15, -0.1) is 0 Å². The Hall–Kier alpha value is -1.14. The molecule has 6 heteroatoms. The monoisotopic (exact) mass is 235 g/mol. The number of rotatable bonds is 9. The van der Waals surface area contributed by atoms with Gasteiger partial charge in [-0.3, -0.25) is 9.59 Å². The van der Waals surface area contributed by atoms with E-state index in [1.165, 1.54) is 0 Å². The molecular weight excluding hydrogens is 214 g/mol. The van der Waals surface area contributed by atoms with Crippen LogP contribution in [0.2, 0.25) is 0 Å². The molecule has 0 saturated heterocycles. The average molecular weight is 235 g/mol. The summed E-state index contributed by atoms with van der Waals surface area (Å²) in [6, 6.07) is 0. The molecule has 0 heterocycles. The lowest BCUT2D eigenvalue weighted by atomic mass is 10.1. The van der Waals surface area contributed by atoms with Crippen LogP contribution in [0.4, 0.5) is 0 Å². The van der Waals surface area contributed by atoms with Gasteiger partial charge in [0, 0.05) is 12.8 Å². The van der Waals surface area contributed by atoms with Crippen LogP contribution < -0.4 is 6.15 Å². The van der Waals surface area contributed by atoms with Crippen LogP contribution in [0.1, 0.15) is 38.5 Å². The second-order valence-corrected chi connectivity index (χ2v) is 3.25. The summed E-state index contributed by atoms with van der Waals surface area (Å²) in [4.78, 5) is 21.1. The Bertz CT molecular complexity index is 196. The molecule has 0 unspecified atom stereocenters. The number of carboxylic acid groups (broad SMARTS) is 1. The topological polar surface area (TPSA) is 119 Å². The molecule has 0 fully saturated rings. The first-order chi connectivity index (χ1) is 7.16. The van der Waals surface area contributed by atoms with Crippen LogP contribution in [0.25, 0.3) is 0 Å². The molecule has 96 valence electrons. The van der Waals surface area contributed by atoms with E-state index in [0.29, 0.717) is 19.3 Å². The molecule has 0 spiro atoms. The maximum atomic E-state index is 10.9. The summed E-state index contributed by atoms with van der Waals surface area (Å²) >= 11 is 0. The third-order valence-electron chi connectivity index (χ3n) is 1.88. The summed E-state index contributed by atoms with van der Waals surface area (Å²) in [6.07, 6.45) is 3.55. The molecule has 6 nitrogen and oxygen atoms in total. The second kappa shape index (κ2) is 11.9. The van der Waals surface area contributed by atoms with Crippen LogP contribution in [-0.4, -0.2) is 35.4 Å². The van der Waals surface area contributed by atoms with E-state index in [4.69, 9.17) is 10.2 Å². The van der Waals surface area contributed by atoms with Crippen LogP contribution in [0.15, 0.2) is 0 Å². The smallest absolute Gasteiger partial charge is 0.305 e. The average Bonchev–Trinajstić information content (AvgIpc) is 2.19. The van der Waals surface area contributed by atoms with Crippen LogP contribution in [0.3, 0.4) is 0 Å². The number of aliphatic hydroxyl groups excluding tert-OH is 1. The molecule has 5 N–H and O–H groups in total. The Morgan fingerprint density at radius 3 is 2.06 bits per heavy atom. The number of ether oxygens (including phenoxy) is 1. The number of aliphatic carboxylic acids is 1. The van der Waals surface area contributed by atoms with Gasteiger partial charge in [0.1, 0.15) is 6.61 Å². The molecule has 0 aromatic rings. The minimum Gasteiger partial charge on any atom is -0.481 e. The third-order valence-corrected chi connectivity index (χ3v) is 1.88. The summed E-state index contributed by atoms with van der Waals surface area (Å²) in [7, 11) is 0. The highest BCUT2D eigenvalue weighted by molar-refractivity contribution is 5.69. The van der Waals surface area contributed by atoms with E-state index in [1.807, 2.05) is 0 Å². The highest BCUT2D eigenvalue weighted by Gasteiger charge is 2.02. The van der Waals surface area contributed by atoms with Crippen molar-refractivity contribution in [2.75, 3.05) is 13.2 Å². The largest absolute Gasteiger partial charge is 0.481 e. The lowest BCUT2D eigenvalue weighted by molar-refractivity contribution is -0.144. The Labute approximate surface area is 95.2 Å². The molecule has 0 rings (SSSR count). The number of carbonyl (C=O) groups is 2. The summed E-state index contributed by atoms with van der Waals surface area (Å²) in [5, 5.41) is 16.7. The van der Waals surface area contributed by atoms with E-state index < -0.39 is 5.97 Å². The number of aliphatic hydroxyl groups is 1. The molecule has 0 saturated carbocycles. The number of hydrogen-bond acceptors (Lipinski definition) is 5. The van der Waals surface area contributed by atoms with E-state index in [0.717, 1.165) is 12.8 Å². The minimum atomic E-state index is -0.780. The number of hydrogen-bond donors (Lipinski definition) is 3. The molecule has 0 atom stereocenters. The van der Waals surface area contributed by atoms with Crippen molar-refractivity contribution in [3.05, 3.63) is 0 Å². The molecule has 0 aliphatic heterocycles. The van der Waals surface area contributed by atoms with Crippen molar-refractivity contribution in [1.29, 1.82) is 0 Å². The summed E-state index contributed by atoms with van der Waals surface area (Å²) < 4.78 is 4.65. The Morgan fingerprint density at radius 1 is 1.00 bits per heavy atom. The Balaban J connectivity index is 0. The van der Waals surface area contributed by atoms with Crippen molar-refractivity contribution in [3.8, 4) is 0 Å². The highest BCUT2D eigenvalue weighted by atomic mass is 16.5. The predicted molar refractivity (Wildman–Crippen MR) is 58.4 cm³/mol. The van der Waals surface area contributed by atoms with Gasteiger partial charge >= 0.3 is 11.9 Å². The Morgan fingerprint density at radius 2 is 1.56 bits per heavy atom. The first-order valence-corrected chi connectivity index (χ1v) is 5.15. The van der Waals surface area contributed by atoms with E-state index in [2.05, 4.69) is 4.74 Å². The van der Waals surface area contributed by atoms with Crippen molar-refractivity contribution < 1.29 is 24.5 Å². The molecule has 0 aliphatic carbocycles. The van der Waals surface area contributed by atoms with Crippen LogP contribution in [-0.2, 0) is 14.3 Å². The normalized spacial score (nSPS) is 9.31. The third kappa shape index (κ3) is 12.9. The quantitative estimate of drug-likeness (QED) is 0.407. The fraction of sp³-hybridized carbons (Fsp3) is 0.800. The van der Waals surface area contributed by atoms with Gasteiger partial charge in [-0.05, 0) is 12.8 Å². The number of unbranched alkanes of at least 4 members (excludes halogenated alkanes) is 3. The lowest BCUT2D eigenvalue weighted by Crippen LogP contribution is -2.07. The van der Waals surface area contributed by atoms with E-state index in [-0.39, 0.29) is 31.8 Å². The fourth-order valence-electron chi connectivity index (χ4n) is 1.13. The van der Waals surface area contributed by atoms with Gasteiger partial charge in [0.05, 0.1) is 6.61 Å². The van der Waals surface area contributed by atoms with Gasteiger partial charge in [0.2, 0.25) is 0 Å². The van der Waals surface area contributed by atoms with Gasteiger partial charge in [0.25, 0.3) is 0 Å². The van der Waals surface area contributed by atoms with Gasteiger partial charge in [-0.1, -0.05) is 12.8 Å². The van der Waals surface area contributed by atoms with Crippen molar-refractivity contribution in [2.24, 2.45) is 0 Å². The van der Waals surface area contributed by atoms with Crippen molar-refractivity contribution >= 4 is 11.9 Å². The second-order valence-electron chi connectivity index (χ2n) is 3.25. The summed E-state index contributed by atoms with van der Waals surface area (Å²) in [5.74, 6) is -1.08. The molecule has 0 aromatic carbocycles. The molecule has 16 heavy (non-hydrogen) atoms. The fourth-order valence-corrected chi connectivity index (χ4v) is 1.13. The molecule has 0 amide bonds. The van der Waals surface area contributed by atoms with Gasteiger partial charge in [-0.25, -0.2) is 0 Å². The zero-order valence-corrected chi connectivity index (χ0v) is 9.48. The van der Waals surface area contributed by atoms with Crippen LogP contribution in [0, 0.1) is 0 Å². The highest BCUT2D eigenvalue weighted by Crippen LogP contribution is 2.05. The molecule has 0 radical (unpaired) electrons. The first-order valence-electron chi connectivity index (χ1n) is 5.15. The zero-order valence-electron chi connectivity index (χ0n) is 9.48. The predicted octanol–water partition coefficient (Wildman–Crippen LogP) is 1.11. The van der Waals surface area contributed by atoms with Crippen LogP contribution in [0.5, 0.6) is 0 Å². The maximum absolute atomic E-state index is 10.9. The number of carboxylic acids is 1. The zero-order chi connectivity index (χ0) is 11.5. The maximum Gasteiger partial charge on any atom is 0.305 e. The van der Waals surface area contributed by atoms with Gasteiger partial charge < -0.3 is 21.1 Å². The van der Waals surface area contributed by atoms with E-state index in [9.17, 15) is 9.59 Å². The number of carbonyl (C=O) groups excluding carboxylic acids is 1.